The van der Waals surface area contributed by atoms with Crippen LogP contribution in [0.1, 0.15) is 0 Å². The van der Waals surface area contributed by atoms with Crippen molar-refractivity contribution in [2.45, 2.75) is 0 Å². The summed E-state index contributed by atoms with van der Waals surface area (Å²) in [6.07, 6.45) is 0. The average molecular weight is 289 g/mol. The third-order valence-corrected chi connectivity index (χ3v) is 3.59. The number of aromatic hydroxyl groups is 1. The van der Waals surface area contributed by atoms with Crippen LogP contribution < -0.4 is 4.90 Å². The summed E-state index contributed by atoms with van der Waals surface area (Å²) in [5, 5.41) is 9.91. The van der Waals surface area contributed by atoms with Crippen LogP contribution in [0, 0.1) is 0 Å². The molecule has 0 radical (unpaired) electrons. The smallest absolute Gasteiger partial charge is 0.237 e. The van der Waals surface area contributed by atoms with Gasteiger partial charge in [-0.3, -0.25) is 4.79 Å². The van der Waals surface area contributed by atoms with E-state index in [2.05, 4.69) is 4.90 Å². The predicted octanol–water partition coefficient (Wildman–Crippen LogP) is 1.93. The zero-order valence-corrected chi connectivity index (χ0v) is 11.3. The Morgan fingerprint density at radius 2 is 1.94 bits per heavy atom. The molecule has 1 N–H and O–H groups in total. The molecule has 98 valence electrons. The van der Waals surface area contributed by atoms with E-state index in [-0.39, 0.29) is 17.5 Å². The third kappa shape index (κ3) is 2.82. The van der Waals surface area contributed by atoms with Crippen molar-refractivity contribution in [1.82, 2.24) is 4.90 Å². The summed E-state index contributed by atoms with van der Waals surface area (Å²) in [5.41, 5.74) is 0.912. The van der Waals surface area contributed by atoms with E-state index in [1.165, 1.54) is 0 Å². The van der Waals surface area contributed by atoms with Crippen molar-refractivity contribution >= 4 is 34.8 Å². The van der Waals surface area contributed by atoms with E-state index in [1.807, 2.05) is 6.07 Å². The Morgan fingerprint density at radius 3 is 2.50 bits per heavy atom. The Balaban J connectivity index is 2.01. The van der Waals surface area contributed by atoms with Crippen molar-refractivity contribution in [3.8, 4) is 5.75 Å². The number of halogens is 2. The van der Waals surface area contributed by atoms with Crippen LogP contribution in [0.25, 0.3) is 0 Å². The number of piperazine rings is 1. The zero-order valence-electron chi connectivity index (χ0n) is 9.77. The first kappa shape index (κ1) is 13.3. The second-order valence-corrected chi connectivity index (χ2v) is 4.81. The number of phenolic OH excluding ortho intramolecular Hbond substituents is 1. The maximum atomic E-state index is 11.4. The summed E-state index contributed by atoms with van der Waals surface area (Å²) in [6.45, 7) is 2.75. The van der Waals surface area contributed by atoms with Gasteiger partial charge < -0.3 is 14.9 Å². The molecule has 18 heavy (non-hydrogen) atoms. The lowest BCUT2D eigenvalue weighted by Crippen LogP contribution is -2.49. The summed E-state index contributed by atoms with van der Waals surface area (Å²) < 4.78 is 0. The molecule has 0 aliphatic carbocycles. The highest BCUT2D eigenvalue weighted by Gasteiger charge is 2.20. The van der Waals surface area contributed by atoms with Crippen molar-refractivity contribution in [3.63, 3.8) is 0 Å². The molecule has 0 bridgehead atoms. The van der Waals surface area contributed by atoms with Gasteiger partial charge in [-0.2, -0.15) is 0 Å². The van der Waals surface area contributed by atoms with Crippen LogP contribution >= 0.6 is 23.2 Å². The Bertz CT molecular complexity index is 446. The lowest BCUT2D eigenvalue weighted by molar-refractivity contribution is -0.128. The Morgan fingerprint density at radius 1 is 1.28 bits per heavy atom. The first-order valence-electron chi connectivity index (χ1n) is 5.69. The molecule has 0 aromatic heterocycles. The van der Waals surface area contributed by atoms with Crippen molar-refractivity contribution in [2.75, 3.05) is 37.0 Å². The Kier molecular flexibility index (Phi) is 4.19. The van der Waals surface area contributed by atoms with Crippen LogP contribution in [-0.2, 0) is 4.79 Å². The van der Waals surface area contributed by atoms with Gasteiger partial charge in [0.25, 0.3) is 0 Å². The molecule has 1 amide bonds. The SMILES string of the molecule is O=C(CCl)N1CCN(c2ccc(Cl)c(O)c2)CC1. The number of carbonyl (C=O) groups excluding carboxylic acids is 1. The highest BCUT2D eigenvalue weighted by Crippen LogP contribution is 2.28. The summed E-state index contributed by atoms with van der Waals surface area (Å²) in [5.74, 6) is 0.0746. The van der Waals surface area contributed by atoms with Gasteiger partial charge >= 0.3 is 0 Å². The number of anilines is 1. The molecular weight excluding hydrogens is 275 g/mol. The molecule has 4 nitrogen and oxygen atoms in total. The van der Waals surface area contributed by atoms with Crippen LogP contribution in [0.2, 0.25) is 5.02 Å². The molecule has 0 unspecified atom stereocenters. The molecule has 1 aliphatic rings. The van der Waals surface area contributed by atoms with Crippen molar-refractivity contribution < 1.29 is 9.90 Å². The van der Waals surface area contributed by atoms with Crippen molar-refractivity contribution in [3.05, 3.63) is 23.2 Å². The largest absolute Gasteiger partial charge is 0.506 e. The second-order valence-electron chi connectivity index (χ2n) is 4.14. The minimum atomic E-state index is -0.0322. The molecule has 6 heteroatoms. The number of phenols is 1. The molecule has 1 aliphatic heterocycles. The number of hydrogen-bond donors (Lipinski definition) is 1. The Labute approximate surface area is 116 Å². The number of benzene rings is 1. The molecular formula is C12H14Cl2N2O2. The summed E-state index contributed by atoms with van der Waals surface area (Å²) in [6, 6.07) is 5.17. The first-order chi connectivity index (χ1) is 8.61. The van der Waals surface area contributed by atoms with Gasteiger partial charge in [-0.25, -0.2) is 0 Å². The second kappa shape index (κ2) is 5.67. The Hall–Kier alpha value is -1.13. The van der Waals surface area contributed by atoms with Crippen LogP contribution in [-0.4, -0.2) is 48.0 Å². The standard InChI is InChI=1S/C12H14Cl2N2O2/c13-8-12(18)16-5-3-15(4-6-16)9-1-2-10(14)11(17)7-9/h1-2,7,17H,3-6,8H2. The lowest BCUT2D eigenvalue weighted by atomic mass is 10.2. The number of rotatable bonds is 2. The molecule has 0 saturated carbocycles. The lowest BCUT2D eigenvalue weighted by Gasteiger charge is -2.35. The van der Waals surface area contributed by atoms with E-state index in [4.69, 9.17) is 23.2 Å². The highest BCUT2D eigenvalue weighted by atomic mass is 35.5. The van der Waals surface area contributed by atoms with Gasteiger partial charge in [0.1, 0.15) is 11.6 Å². The maximum absolute atomic E-state index is 11.4. The van der Waals surface area contributed by atoms with E-state index >= 15 is 0 Å². The van der Waals surface area contributed by atoms with E-state index in [1.54, 1.807) is 17.0 Å². The molecule has 1 heterocycles. The quantitative estimate of drug-likeness (QED) is 0.846. The molecule has 0 atom stereocenters. The van der Waals surface area contributed by atoms with Gasteiger partial charge in [-0.15, -0.1) is 11.6 Å². The van der Waals surface area contributed by atoms with E-state index in [0.29, 0.717) is 18.1 Å². The summed E-state index contributed by atoms with van der Waals surface area (Å²) in [4.78, 5) is 15.3. The molecule has 2 rings (SSSR count). The van der Waals surface area contributed by atoms with E-state index in [0.717, 1.165) is 18.8 Å². The van der Waals surface area contributed by atoms with Crippen LogP contribution in [0.4, 0.5) is 5.69 Å². The van der Waals surface area contributed by atoms with Gasteiger partial charge in [-0.1, -0.05) is 11.6 Å². The van der Waals surface area contributed by atoms with Crippen LogP contribution in [0.15, 0.2) is 18.2 Å². The number of alkyl halides is 1. The minimum Gasteiger partial charge on any atom is -0.506 e. The number of carbonyl (C=O) groups is 1. The van der Waals surface area contributed by atoms with E-state index in [9.17, 15) is 9.90 Å². The van der Waals surface area contributed by atoms with E-state index < -0.39 is 0 Å². The fourth-order valence-corrected chi connectivity index (χ4v) is 2.28. The van der Waals surface area contributed by atoms with Crippen LogP contribution in [0.3, 0.4) is 0 Å². The number of hydrogen-bond acceptors (Lipinski definition) is 3. The molecule has 1 fully saturated rings. The summed E-state index contributed by atoms with van der Waals surface area (Å²) >= 11 is 11.3. The maximum Gasteiger partial charge on any atom is 0.237 e. The first-order valence-corrected chi connectivity index (χ1v) is 6.60. The fraction of sp³-hybridized carbons (Fsp3) is 0.417. The van der Waals surface area contributed by atoms with Gasteiger partial charge in [0.2, 0.25) is 5.91 Å². The van der Waals surface area contributed by atoms with Gasteiger partial charge in [0, 0.05) is 37.9 Å². The minimum absolute atomic E-state index is 0.0295. The number of amides is 1. The predicted molar refractivity (Wildman–Crippen MR) is 72.6 cm³/mol. The molecule has 1 aromatic rings. The normalized spacial score (nSPS) is 15.9. The zero-order chi connectivity index (χ0) is 13.1. The van der Waals surface area contributed by atoms with Gasteiger partial charge in [-0.05, 0) is 12.1 Å². The van der Waals surface area contributed by atoms with Gasteiger partial charge in [0.15, 0.2) is 0 Å². The number of nitrogens with zero attached hydrogens (tertiary/aromatic N) is 2. The topological polar surface area (TPSA) is 43.8 Å². The highest BCUT2D eigenvalue weighted by molar-refractivity contribution is 6.32. The summed E-state index contributed by atoms with van der Waals surface area (Å²) in [7, 11) is 0. The molecule has 1 saturated heterocycles. The fourth-order valence-electron chi connectivity index (χ4n) is 2.00. The average Bonchev–Trinajstić information content (AvgIpc) is 2.41. The van der Waals surface area contributed by atoms with Crippen molar-refractivity contribution in [1.29, 1.82) is 0 Å². The third-order valence-electron chi connectivity index (χ3n) is 3.04. The van der Waals surface area contributed by atoms with Crippen LogP contribution in [0.5, 0.6) is 5.75 Å². The molecule has 0 spiro atoms. The monoisotopic (exact) mass is 288 g/mol. The molecule has 1 aromatic carbocycles. The van der Waals surface area contributed by atoms with Gasteiger partial charge in [0.05, 0.1) is 5.02 Å². The van der Waals surface area contributed by atoms with Crippen molar-refractivity contribution in [2.24, 2.45) is 0 Å².